The fourth-order valence-electron chi connectivity index (χ4n) is 3.66. The highest BCUT2D eigenvalue weighted by Crippen LogP contribution is 2.33. The maximum absolute atomic E-state index is 13.3. The lowest BCUT2D eigenvalue weighted by Crippen LogP contribution is -2.13. The molecule has 43 heavy (non-hydrogen) atoms. The van der Waals surface area contributed by atoms with E-state index in [-0.39, 0.29) is 22.6 Å². The van der Waals surface area contributed by atoms with Crippen molar-refractivity contribution in [3.05, 3.63) is 130 Å². The van der Waals surface area contributed by atoms with Crippen LogP contribution < -0.4 is 16.8 Å². The monoisotopic (exact) mass is 603 g/mol. The van der Waals surface area contributed by atoms with Crippen molar-refractivity contribution in [2.75, 3.05) is 11.1 Å². The zero-order valence-electron chi connectivity index (χ0n) is 22.4. The summed E-state index contributed by atoms with van der Waals surface area (Å²) in [5.41, 5.74) is 10.8. The Labute approximate surface area is 241 Å². The number of alkyl halides is 6. The van der Waals surface area contributed by atoms with Gasteiger partial charge >= 0.3 is 12.4 Å². The van der Waals surface area contributed by atoms with Crippen LogP contribution in [0.25, 0.3) is 11.6 Å². The number of nitrogens with two attached hydrogens (primary N) is 2. The van der Waals surface area contributed by atoms with Crippen LogP contribution in [0, 0.1) is 12.7 Å². The number of carbonyl (C=O) groups excluding carboxylic acids is 2. The fourth-order valence-corrected chi connectivity index (χ4v) is 3.66. The second-order valence-corrected chi connectivity index (χ2v) is 9.14. The molecule has 0 aliphatic carbocycles. The van der Waals surface area contributed by atoms with Crippen molar-refractivity contribution in [2.45, 2.75) is 19.3 Å². The summed E-state index contributed by atoms with van der Waals surface area (Å²) < 4.78 is 89.3. The lowest BCUT2D eigenvalue weighted by atomic mass is 9.99. The molecule has 0 fully saturated rings. The lowest BCUT2D eigenvalue weighted by molar-refractivity contribution is -0.140. The summed E-state index contributed by atoms with van der Waals surface area (Å²) in [7, 11) is 0. The molecular formula is C31H24F7N3O2. The highest BCUT2D eigenvalue weighted by atomic mass is 19.4. The number of rotatable bonds is 5. The quantitative estimate of drug-likeness (QED) is 0.0943. The van der Waals surface area contributed by atoms with Crippen molar-refractivity contribution >= 4 is 34.8 Å². The van der Waals surface area contributed by atoms with E-state index < -0.39 is 35.2 Å². The average Bonchev–Trinajstić information content (AvgIpc) is 2.93. The van der Waals surface area contributed by atoms with Crippen molar-refractivity contribution < 1.29 is 40.3 Å². The van der Waals surface area contributed by atoms with Crippen LogP contribution in [0.15, 0.2) is 91.0 Å². The van der Waals surface area contributed by atoms with E-state index in [2.05, 4.69) is 5.32 Å². The first-order chi connectivity index (χ1) is 20.1. The minimum atomic E-state index is -4.95. The van der Waals surface area contributed by atoms with Gasteiger partial charge in [-0.2, -0.15) is 26.3 Å². The summed E-state index contributed by atoms with van der Waals surface area (Å²) in [5.74, 6) is -2.71. The number of nitrogens with one attached hydrogen (secondary N) is 1. The largest absolute Gasteiger partial charge is 0.419 e. The number of hydrogen-bond acceptors (Lipinski definition) is 3. The molecule has 0 atom stereocenters. The van der Waals surface area contributed by atoms with Crippen LogP contribution in [0.4, 0.5) is 42.1 Å². The summed E-state index contributed by atoms with van der Waals surface area (Å²) in [6.45, 7) is 1.98. The first-order valence-electron chi connectivity index (χ1n) is 12.3. The number of carbonyl (C=O) groups is 2. The van der Waals surface area contributed by atoms with Gasteiger partial charge in [-0.05, 0) is 72.7 Å². The van der Waals surface area contributed by atoms with Gasteiger partial charge in [-0.15, -0.1) is 0 Å². The molecule has 2 amide bonds. The van der Waals surface area contributed by atoms with Crippen LogP contribution >= 0.6 is 0 Å². The van der Waals surface area contributed by atoms with Gasteiger partial charge in [-0.1, -0.05) is 48.0 Å². The highest BCUT2D eigenvalue weighted by Gasteiger charge is 2.34. The second-order valence-electron chi connectivity index (χ2n) is 9.14. The Kier molecular flexibility index (Phi) is 9.97. The number of halogens is 7. The minimum absolute atomic E-state index is 0.0246. The van der Waals surface area contributed by atoms with E-state index in [0.717, 1.165) is 29.8 Å². The molecule has 0 spiro atoms. The zero-order chi connectivity index (χ0) is 31.9. The van der Waals surface area contributed by atoms with Crippen molar-refractivity contribution in [2.24, 2.45) is 5.73 Å². The number of anilines is 2. The van der Waals surface area contributed by atoms with E-state index in [1.165, 1.54) is 0 Å². The van der Waals surface area contributed by atoms with Gasteiger partial charge in [0.25, 0.3) is 5.91 Å². The number of para-hydroxylation sites is 2. The van der Waals surface area contributed by atoms with E-state index >= 15 is 0 Å². The highest BCUT2D eigenvalue weighted by molar-refractivity contribution is 6.23. The van der Waals surface area contributed by atoms with E-state index in [0.29, 0.717) is 41.2 Å². The predicted molar refractivity (Wildman–Crippen MR) is 150 cm³/mol. The molecule has 0 saturated carbocycles. The van der Waals surface area contributed by atoms with Crippen molar-refractivity contribution in [1.29, 1.82) is 0 Å². The van der Waals surface area contributed by atoms with Crippen LogP contribution in [0.1, 0.15) is 38.2 Å². The Morgan fingerprint density at radius 3 is 1.88 bits per heavy atom. The van der Waals surface area contributed by atoms with Crippen LogP contribution in [-0.2, 0) is 17.1 Å². The van der Waals surface area contributed by atoms with Gasteiger partial charge in [0.05, 0.1) is 22.5 Å². The lowest BCUT2D eigenvalue weighted by Gasteiger charge is -2.10. The third-order valence-electron chi connectivity index (χ3n) is 5.92. The molecule has 0 aliphatic rings. The molecule has 4 aromatic rings. The molecule has 224 valence electrons. The van der Waals surface area contributed by atoms with Crippen molar-refractivity contribution in [3.63, 3.8) is 0 Å². The summed E-state index contributed by atoms with van der Waals surface area (Å²) in [5, 5.41) is 2.78. The normalized spacial score (nSPS) is 11.8. The third kappa shape index (κ3) is 8.93. The topological polar surface area (TPSA) is 98.2 Å². The number of nitrogen functional groups attached to an aromatic ring is 1. The van der Waals surface area contributed by atoms with Crippen molar-refractivity contribution in [1.82, 2.24) is 0 Å². The number of primary amides is 1. The molecule has 0 radical (unpaired) electrons. The molecule has 5 N–H and O–H groups in total. The molecule has 4 rings (SSSR count). The third-order valence-corrected chi connectivity index (χ3v) is 5.92. The number of aryl methyl sites for hydroxylation is 1. The Morgan fingerprint density at radius 2 is 1.35 bits per heavy atom. The van der Waals surface area contributed by atoms with Crippen LogP contribution in [0.5, 0.6) is 0 Å². The summed E-state index contributed by atoms with van der Waals surface area (Å²) in [6, 6.07) is 20.0. The molecular weight excluding hydrogens is 579 g/mol. The summed E-state index contributed by atoms with van der Waals surface area (Å²) >= 11 is 0. The first kappa shape index (κ1) is 32.4. The molecule has 0 bridgehead atoms. The van der Waals surface area contributed by atoms with E-state index in [4.69, 9.17) is 11.5 Å². The molecule has 5 nitrogen and oxygen atoms in total. The van der Waals surface area contributed by atoms with Gasteiger partial charge in [-0.3, -0.25) is 9.59 Å². The van der Waals surface area contributed by atoms with E-state index in [1.54, 1.807) is 24.3 Å². The van der Waals surface area contributed by atoms with Gasteiger partial charge in [0.2, 0.25) is 5.91 Å². The maximum atomic E-state index is 13.3. The Morgan fingerprint density at radius 1 is 0.767 bits per heavy atom. The second kappa shape index (κ2) is 13.2. The van der Waals surface area contributed by atoms with Crippen molar-refractivity contribution in [3.8, 4) is 0 Å². The minimum Gasteiger partial charge on any atom is -0.397 e. The molecule has 4 aromatic carbocycles. The predicted octanol–water partition coefficient (Wildman–Crippen LogP) is 7.72. The summed E-state index contributed by atoms with van der Waals surface area (Å²) in [4.78, 5) is 23.5. The SMILES string of the molecule is Cc1ccc(C(=O)Nc2ccccc2N)cc1.NC(=O)/C(=C/c1ccc(F)c(C(F)(F)F)c1)c1ccc(C(F)(F)F)cc1. The van der Waals surface area contributed by atoms with Crippen LogP contribution in [0.2, 0.25) is 0 Å². The van der Waals surface area contributed by atoms with E-state index in [9.17, 15) is 40.3 Å². The smallest absolute Gasteiger partial charge is 0.397 e. The van der Waals surface area contributed by atoms with Gasteiger partial charge in [0.1, 0.15) is 5.82 Å². The van der Waals surface area contributed by atoms with Gasteiger partial charge < -0.3 is 16.8 Å². The average molecular weight is 604 g/mol. The van der Waals surface area contributed by atoms with E-state index in [1.807, 2.05) is 31.2 Å². The number of benzene rings is 4. The first-order valence-corrected chi connectivity index (χ1v) is 12.3. The molecule has 0 unspecified atom stereocenters. The Balaban J connectivity index is 0.000000257. The zero-order valence-corrected chi connectivity index (χ0v) is 22.4. The van der Waals surface area contributed by atoms with Crippen LogP contribution in [-0.4, -0.2) is 11.8 Å². The van der Waals surface area contributed by atoms with Gasteiger partial charge in [0, 0.05) is 11.1 Å². The Hall–Kier alpha value is -5.13. The molecule has 0 saturated heterocycles. The fraction of sp³-hybridized carbons (Fsp3) is 0.0968. The van der Waals surface area contributed by atoms with Crippen LogP contribution in [0.3, 0.4) is 0 Å². The number of amides is 2. The summed E-state index contributed by atoms with van der Waals surface area (Å²) in [6.07, 6.45) is -8.59. The maximum Gasteiger partial charge on any atom is 0.419 e. The molecule has 0 aromatic heterocycles. The Bertz CT molecular complexity index is 1630. The molecule has 0 aliphatic heterocycles. The molecule has 0 heterocycles. The van der Waals surface area contributed by atoms with Gasteiger partial charge in [-0.25, -0.2) is 4.39 Å². The molecule has 12 heteroatoms. The number of hydrogen-bond donors (Lipinski definition) is 3. The van der Waals surface area contributed by atoms with Gasteiger partial charge in [0.15, 0.2) is 0 Å². The standard InChI is InChI=1S/C17H10F7NO.C14H14N2O/c18-14-6-1-9(8-13(14)17(22,23)24)7-12(15(25)26)10-2-4-11(5-3-10)16(19,20)21;1-10-6-8-11(9-7-10)14(17)16-13-5-3-2-4-12(13)15/h1-8H,(H2,25,26);2-9H,15H2,1H3,(H,16,17)/b12-7+;.